The summed E-state index contributed by atoms with van der Waals surface area (Å²) in [5, 5.41) is 7.76. The highest BCUT2D eigenvalue weighted by molar-refractivity contribution is 5.44. The van der Waals surface area contributed by atoms with Gasteiger partial charge in [-0.1, -0.05) is 76.8 Å². The van der Waals surface area contributed by atoms with Gasteiger partial charge in [0, 0.05) is 19.2 Å². The summed E-state index contributed by atoms with van der Waals surface area (Å²) < 4.78 is 8.48. The molecule has 6 nitrogen and oxygen atoms in total. The van der Waals surface area contributed by atoms with Gasteiger partial charge >= 0.3 is 5.69 Å². The molecule has 6 heteroatoms. The Morgan fingerprint density at radius 1 is 0.929 bits per heavy atom. The molecule has 0 aliphatic heterocycles. The molecule has 1 heterocycles. The SMILES string of the molecule is CCCCCCCCCCCCOCc1c(C)cccc1-n1nnn(C)c1=O. The molecule has 0 fully saturated rings. The third-order valence-electron chi connectivity index (χ3n) is 5.22. The van der Waals surface area contributed by atoms with Crippen molar-refractivity contribution in [2.24, 2.45) is 7.05 Å². The Labute approximate surface area is 168 Å². The summed E-state index contributed by atoms with van der Waals surface area (Å²) in [5.74, 6) is 0. The van der Waals surface area contributed by atoms with E-state index in [-0.39, 0.29) is 5.69 Å². The number of rotatable bonds is 14. The van der Waals surface area contributed by atoms with Gasteiger partial charge in [-0.25, -0.2) is 4.79 Å². The summed E-state index contributed by atoms with van der Waals surface area (Å²) in [4.78, 5) is 12.2. The average molecular weight is 389 g/mol. The zero-order chi connectivity index (χ0) is 20.2. The van der Waals surface area contributed by atoms with E-state index in [1.807, 2.05) is 25.1 Å². The van der Waals surface area contributed by atoms with E-state index in [0.717, 1.165) is 29.8 Å². The fraction of sp³-hybridized carbons (Fsp3) is 0.682. The second-order valence-electron chi connectivity index (χ2n) is 7.60. The van der Waals surface area contributed by atoms with Crippen LogP contribution in [0.1, 0.15) is 82.3 Å². The maximum Gasteiger partial charge on any atom is 0.368 e. The lowest BCUT2D eigenvalue weighted by molar-refractivity contribution is 0.116. The van der Waals surface area contributed by atoms with Crippen molar-refractivity contribution in [2.45, 2.75) is 84.7 Å². The molecule has 0 N–H and O–H groups in total. The molecule has 1 aromatic heterocycles. The highest BCUT2D eigenvalue weighted by Crippen LogP contribution is 2.18. The lowest BCUT2D eigenvalue weighted by Crippen LogP contribution is -2.23. The van der Waals surface area contributed by atoms with Crippen LogP contribution in [0, 0.1) is 6.92 Å². The minimum absolute atomic E-state index is 0.249. The number of hydrogen-bond donors (Lipinski definition) is 0. The van der Waals surface area contributed by atoms with E-state index < -0.39 is 0 Å². The minimum atomic E-state index is -0.249. The lowest BCUT2D eigenvalue weighted by Gasteiger charge is -2.12. The highest BCUT2D eigenvalue weighted by atomic mass is 16.5. The number of aromatic nitrogens is 4. The van der Waals surface area contributed by atoms with Gasteiger partial charge in [-0.15, -0.1) is 0 Å². The molecule has 0 atom stereocenters. The lowest BCUT2D eigenvalue weighted by atomic mass is 10.1. The van der Waals surface area contributed by atoms with E-state index in [1.165, 1.54) is 67.2 Å². The second-order valence-corrected chi connectivity index (χ2v) is 7.60. The predicted octanol–water partition coefficient (Wildman–Crippen LogP) is 4.71. The summed E-state index contributed by atoms with van der Waals surface area (Å²) in [6, 6.07) is 5.85. The van der Waals surface area contributed by atoms with Crippen LogP contribution in [0.15, 0.2) is 23.0 Å². The fourth-order valence-electron chi connectivity index (χ4n) is 3.40. The van der Waals surface area contributed by atoms with Gasteiger partial charge in [-0.2, -0.15) is 9.36 Å². The average Bonchev–Trinajstić information content (AvgIpc) is 3.02. The zero-order valence-electron chi connectivity index (χ0n) is 17.8. The van der Waals surface area contributed by atoms with Gasteiger partial charge in [-0.3, -0.25) is 0 Å². The molecule has 0 radical (unpaired) electrons. The van der Waals surface area contributed by atoms with E-state index in [1.54, 1.807) is 7.05 Å². The van der Waals surface area contributed by atoms with Crippen LogP contribution in [0.3, 0.4) is 0 Å². The van der Waals surface area contributed by atoms with Crippen molar-refractivity contribution < 1.29 is 4.74 Å². The van der Waals surface area contributed by atoms with E-state index in [2.05, 4.69) is 17.4 Å². The highest BCUT2D eigenvalue weighted by Gasteiger charge is 2.12. The smallest absolute Gasteiger partial charge is 0.368 e. The number of benzene rings is 1. The van der Waals surface area contributed by atoms with E-state index in [4.69, 9.17) is 4.74 Å². The molecule has 28 heavy (non-hydrogen) atoms. The molecule has 0 aliphatic carbocycles. The van der Waals surface area contributed by atoms with Gasteiger partial charge in [-0.05, 0) is 35.4 Å². The van der Waals surface area contributed by atoms with Crippen molar-refractivity contribution in [1.29, 1.82) is 0 Å². The maximum atomic E-state index is 12.2. The molecule has 0 saturated heterocycles. The number of nitrogens with zero attached hydrogens (tertiary/aromatic N) is 4. The van der Waals surface area contributed by atoms with Crippen LogP contribution in [0.4, 0.5) is 0 Å². The summed E-state index contributed by atoms with van der Waals surface area (Å²) in [7, 11) is 1.60. The number of hydrogen-bond acceptors (Lipinski definition) is 4. The molecule has 0 unspecified atom stereocenters. The van der Waals surface area contributed by atoms with Crippen molar-refractivity contribution in [3.63, 3.8) is 0 Å². The minimum Gasteiger partial charge on any atom is -0.377 e. The third kappa shape index (κ3) is 6.89. The quantitative estimate of drug-likeness (QED) is 0.440. The van der Waals surface area contributed by atoms with E-state index >= 15 is 0 Å². The first-order chi connectivity index (χ1) is 13.6. The number of unbranched alkanes of at least 4 members (excludes halogenated alkanes) is 9. The maximum absolute atomic E-state index is 12.2. The van der Waals surface area contributed by atoms with Crippen LogP contribution in [0.5, 0.6) is 0 Å². The van der Waals surface area contributed by atoms with E-state index in [0.29, 0.717) is 6.61 Å². The summed E-state index contributed by atoms with van der Waals surface area (Å²) in [6.45, 7) is 5.53. The number of aryl methyl sites for hydroxylation is 2. The Bertz CT molecular complexity index is 751. The predicted molar refractivity (Wildman–Crippen MR) is 113 cm³/mol. The molecule has 1 aromatic carbocycles. The molecule has 0 spiro atoms. The van der Waals surface area contributed by atoms with Crippen molar-refractivity contribution >= 4 is 0 Å². The Morgan fingerprint density at radius 3 is 2.18 bits per heavy atom. The molecule has 0 amide bonds. The first kappa shape index (κ1) is 22.3. The van der Waals surface area contributed by atoms with Crippen LogP contribution in [0.2, 0.25) is 0 Å². The molecule has 0 aliphatic rings. The van der Waals surface area contributed by atoms with Gasteiger partial charge in [0.2, 0.25) is 0 Å². The molecule has 0 bridgehead atoms. The first-order valence-electron chi connectivity index (χ1n) is 10.8. The van der Waals surface area contributed by atoms with Crippen molar-refractivity contribution in [2.75, 3.05) is 6.61 Å². The monoisotopic (exact) mass is 388 g/mol. The van der Waals surface area contributed by atoms with Gasteiger partial charge in [0.25, 0.3) is 0 Å². The zero-order valence-corrected chi connectivity index (χ0v) is 17.8. The van der Waals surface area contributed by atoms with Crippen molar-refractivity contribution in [3.05, 3.63) is 39.8 Å². The van der Waals surface area contributed by atoms with Crippen molar-refractivity contribution in [1.82, 2.24) is 19.8 Å². The molecule has 2 aromatic rings. The normalized spacial score (nSPS) is 11.2. The first-order valence-corrected chi connectivity index (χ1v) is 10.8. The van der Waals surface area contributed by atoms with Crippen LogP contribution in [0.25, 0.3) is 5.69 Å². The Balaban J connectivity index is 1.68. The van der Waals surface area contributed by atoms with E-state index in [9.17, 15) is 4.79 Å². The molecular formula is C22H36N4O2. The van der Waals surface area contributed by atoms with Crippen LogP contribution in [-0.2, 0) is 18.4 Å². The molecule has 2 rings (SSSR count). The largest absolute Gasteiger partial charge is 0.377 e. The Kier molecular flexibility index (Phi) is 9.97. The fourth-order valence-corrected chi connectivity index (χ4v) is 3.40. The number of ether oxygens (including phenoxy) is 1. The molecule has 0 saturated carbocycles. The summed E-state index contributed by atoms with van der Waals surface area (Å²) in [5.41, 5.74) is 2.60. The molecule has 156 valence electrons. The number of tetrazole rings is 1. The standard InChI is InChI=1S/C22H36N4O2/c1-4-5-6-7-8-9-10-11-12-13-17-28-18-20-19(2)15-14-16-21(20)26-22(27)25(3)23-24-26/h14-16H,4-13,17-18H2,1-3H3. The van der Waals surface area contributed by atoms with Crippen molar-refractivity contribution in [3.8, 4) is 5.69 Å². The Morgan fingerprint density at radius 2 is 1.57 bits per heavy atom. The van der Waals surface area contributed by atoms with Gasteiger partial charge in [0.15, 0.2) is 0 Å². The van der Waals surface area contributed by atoms with Gasteiger partial charge in [0.05, 0.1) is 12.3 Å². The van der Waals surface area contributed by atoms with Crippen LogP contribution >= 0.6 is 0 Å². The third-order valence-corrected chi connectivity index (χ3v) is 5.22. The molecular weight excluding hydrogens is 352 g/mol. The van der Waals surface area contributed by atoms with Crippen LogP contribution < -0.4 is 5.69 Å². The summed E-state index contributed by atoms with van der Waals surface area (Å²) in [6.07, 6.45) is 13.2. The van der Waals surface area contributed by atoms with Crippen LogP contribution in [-0.4, -0.2) is 26.4 Å². The topological polar surface area (TPSA) is 61.9 Å². The second kappa shape index (κ2) is 12.5. The van der Waals surface area contributed by atoms with Gasteiger partial charge < -0.3 is 4.74 Å². The van der Waals surface area contributed by atoms with Gasteiger partial charge in [0.1, 0.15) is 0 Å². The Hall–Kier alpha value is -1.95. The summed E-state index contributed by atoms with van der Waals surface area (Å²) >= 11 is 0.